The van der Waals surface area contributed by atoms with Gasteiger partial charge in [-0.2, -0.15) is 0 Å². The average molecular weight is 1080 g/mol. The van der Waals surface area contributed by atoms with Crippen LogP contribution in [0.1, 0.15) is 284 Å². The Morgan fingerprint density at radius 1 is 0.282 bits per heavy atom. The SMILES string of the molecule is CC/C=C\C/C=C\C/C=C\C/C=C\C/C=C\CCCCCCCCCCCCCC(=O)OCC(COC(=O)C/C=C\C/C=C\C/C=C\C/C=C\C/C=C\CC)OC(=O)CCCCCCCCC/C=C\CCCCCCCCC. The molecule has 0 rings (SSSR count). The maximum absolute atomic E-state index is 12.9. The molecule has 0 aromatic heterocycles. The van der Waals surface area contributed by atoms with Gasteiger partial charge in [0.15, 0.2) is 6.10 Å². The number of allylic oxidation sites excluding steroid dienone is 21. The number of hydrogen-bond donors (Lipinski definition) is 0. The standard InChI is InChI=1S/C72H118O6/c1-4-7-10-13-16-19-22-25-28-30-32-33-34-35-36-37-38-39-40-42-44-47-50-53-56-59-62-65-71(74)77-68-69(67-76-70(73)64-61-58-55-52-49-46-43-27-24-21-18-15-12-9-6-3)78-72(75)66-63-60-57-54-51-48-45-41-31-29-26-23-20-17-14-11-8-5-2/h7,9-10,12,16,18-19,21,25,27-29,31-33,35-36,43,49,52,58,61,69H,4-6,8,11,13-15,17,20,22-24,26,30,34,37-42,44-48,50-51,53-57,59-60,62-68H2,1-3H3/b10-7-,12-9-,19-16-,21-18-,28-25-,31-29-,33-32-,36-35-,43-27-,52-49-,61-58-. The van der Waals surface area contributed by atoms with Crippen LogP contribution in [0.5, 0.6) is 0 Å². The number of rotatable bonds is 57. The Labute approximate surface area is 481 Å². The lowest BCUT2D eigenvalue weighted by atomic mass is 10.0. The van der Waals surface area contributed by atoms with Crippen LogP contribution in [0.2, 0.25) is 0 Å². The van der Waals surface area contributed by atoms with Crippen LogP contribution in [0.25, 0.3) is 0 Å². The molecule has 0 saturated carbocycles. The molecule has 0 N–H and O–H groups in total. The molecule has 0 aliphatic carbocycles. The van der Waals surface area contributed by atoms with E-state index in [4.69, 9.17) is 14.2 Å². The van der Waals surface area contributed by atoms with Crippen molar-refractivity contribution < 1.29 is 28.6 Å². The van der Waals surface area contributed by atoms with Crippen LogP contribution in [0.4, 0.5) is 0 Å². The van der Waals surface area contributed by atoms with Crippen LogP contribution in [-0.2, 0) is 28.6 Å². The lowest BCUT2D eigenvalue weighted by molar-refractivity contribution is -0.166. The molecular weight excluding hydrogens is 961 g/mol. The van der Waals surface area contributed by atoms with E-state index in [-0.39, 0.29) is 31.6 Å². The summed E-state index contributed by atoms with van der Waals surface area (Å²) in [6.07, 6.45) is 92.0. The topological polar surface area (TPSA) is 78.9 Å². The molecule has 0 aliphatic rings. The van der Waals surface area contributed by atoms with Gasteiger partial charge in [0, 0.05) is 12.8 Å². The molecule has 442 valence electrons. The first-order chi connectivity index (χ1) is 38.5. The second kappa shape index (κ2) is 65.1. The van der Waals surface area contributed by atoms with Gasteiger partial charge in [-0.1, -0.05) is 283 Å². The normalized spacial score (nSPS) is 13.0. The van der Waals surface area contributed by atoms with Gasteiger partial charge >= 0.3 is 17.9 Å². The molecule has 0 heterocycles. The van der Waals surface area contributed by atoms with Crippen molar-refractivity contribution in [3.8, 4) is 0 Å². The first-order valence-electron chi connectivity index (χ1n) is 32.2. The van der Waals surface area contributed by atoms with Crippen LogP contribution in [-0.4, -0.2) is 37.2 Å². The Hall–Kier alpha value is -4.45. The molecular formula is C72H118O6. The molecule has 0 bridgehead atoms. The van der Waals surface area contributed by atoms with Crippen LogP contribution in [0.15, 0.2) is 134 Å². The summed E-state index contributed by atoms with van der Waals surface area (Å²) < 4.78 is 16.8. The second-order valence-electron chi connectivity index (χ2n) is 20.9. The van der Waals surface area contributed by atoms with E-state index in [1.54, 1.807) is 6.08 Å². The van der Waals surface area contributed by atoms with E-state index in [0.29, 0.717) is 12.8 Å². The predicted molar refractivity (Wildman–Crippen MR) is 339 cm³/mol. The van der Waals surface area contributed by atoms with E-state index in [9.17, 15) is 14.4 Å². The Bertz CT molecular complexity index is 1670. The molecule has 78 heavy (non-hydrogen) atoms. The highest BCUT2D eigenvalue weighted by molar-refractivity contribution is 5.72. The Morgan fingerprint density at radius 3 is 0.910 bits per heavy atom. The van der Waals surface area contributed by atoms with E-state index in [0.717, 1.165) is 103 Å². The third-order valence-electron chi connectivity index (χ3n) is 13.4. The van der Waals surface area contributed by atoms with Gasteiger partial charge in [-0.05, 0) is 116 Å². The zero-order chi connectivity index (χ0) is 56.4. The van der Waals surface area contributed by atoms with Gasteiger partial charge in [-0.25, -0.2) is 0 Å². The number of ether oxygens (including phenoxy) is 3. The van der Waals surface area contributed by atoms with Crippen molar-refractivity contribution in [2.24, 2.45) is 0 Å². The summed E-state index contributed by atoms with van der Waals surface area (Å²) in [7, 11) is 0. The third-order valence-corrected chi connectivity index (χ3v) is 13.4. The highest BCUT2D eigenvalue weighted by Gasteiger charge is 2.19. The Kier molecular flexibility index (Phi) is 61.4. The molecule has 6 heteroatoms. The molecule has 0 aromatic rings. The minimum atomic E-state index is -0.827. The lowest BCUT2D eigenvalue weighted by Crippen LogP contribution is -2.30. The molecule has 0 aliphatic heterocycles. The summed E-state index contributed by atoms with van der Waals surface area (Å²) in [5, 5.41) is 0. The lowest BCUT2D eigenvalue weighted by Gasteiger charge is -2.18. The number of carbonyl (C=O) groups excluding carboxylic acids is 3. The maximum Gasteiger partial charge on any atom is 0.309 e. The fourth-order valence-electron chi connectivity index (χ4n) is 8.66. The Balaban J connectivity index is 4.41. The second-order valence-corrected chi connectivity index (χ2v) is 20.9. The van der Waals surface area contributed by atoms with E-state index in [1.807, 2.05) is 6.08 Å². The van der Waals surface area contributed by atoms with Gasteiger partial charge in [-0.3, -0.25) is 14.4 Å². The molecule has 1 unspecified atom stereocenters. The number of carbonyl (C=O) groups is 3. The Morgan fingerprint density at radius 2 is 0.551 bits per heavy atom. The zero-order valence-corrected chi connectivity index (χ0v) is 50.6. The molecule has 6 nitrogen and oxygen atoms in total. The first-order valence-corrected chi connectivity index (χ1v) is 32.2. The van der Waals surface area contributed by atoms with Crippen molar-refractivity contribution in [3.05, 3.63) is 134 Å². The molecule has 0 spiro atoms. The van der Waals surface area contributed by atoms with E-state index < -0.39 is 12.1 Å². The average Bonchev–Trinajstić information content (AvgIpc) is 3.44. The van der Waals surface area contributed by atoms with Crippen molar-refractivity contribution in [2.75, 3.05) is 13.2 Å². The molecule has 0 fully saturated rings. The summed E-state index contributed by atoms with van der Waals surface area (Å²) in [4.78, 5) is 38.3. The monoisotopic (exact) mass is 1080 g/mol. The van der Waals surface area contributed by atoms with Crippen molar-refractivity contribution in [1.29, 1.82) is 0 Å². The quantitative estimate of drug-likeness (QED) is 0.0261. The highest BCUT2D eigenvalue weighted by Crippen LogP contribution is 2.15. The van der Waals surface area contributed by atoms with E-state index in [2.05, 4.69) is 142 Å². The minimum absolute atomic E-state index is 0.114. The largest absolute Gasteiger partial charge is 0.462 e. The summed E-state index contributed by atoms with van der Waals surface area (Å²) in [5.41, 5.74) is 0. The number of unbranched alkanes of at least 4 members (excludes halogenated alkanes) is 25. The number of hydrogen-bond acceptors (Lipinski definition) is 6. The van der Waals surface area contributed by atoms with E-state index >= 15 is 0 Å². The zero-order valence-electron chi connectivity index (χ0n) is 50.6. The van der Waals surface area contributed by atoms with Crippen LogP contribution >= 0.6 is 0 Å². The van der Waals surface area contributed by atoms with Crippen molar-refractivity contribution >= 4 is 17.9 Å². The van der Waals surface area contributed by atoms with Gasteiger partial charge in [0.05, 0.1) is 6.42 Å². The molecule has 0 saturated heterocycles. The van der Waals surface area contributed by atoms with Crippen LogP contribution < -0.4 is 0 Å². The van der Waals surface area contributed by atoms with Crippen molar-refractivity contribution in [2.45, 2.75) is 290 Å². The third kappa shape index (κ3) is 62.4. The van der Waals surface area contributed by atoms with Gasteiger partial charge < -0.3 is 14.2 Å². The van der Waals surface area contributed by atoms with Gasteiger partial charge in [0.2, 0.25) is 0 Å². The summed E-state index contributed by atoms with van der Waals surface area (Å²) in [5.74, 6) is -1.05. The fourth-order valence-corrected chi connectivity index (χ4v) is 8.66. The van der Waals surface area contributed by atoms with Crippen LogP contribution in [0, 0.1) is 0 Å². The molecule has 1 atom stereocenters. The summed E-state index contributed by atoms with van der Waals surface area (Å²) in [6.45, 7) is 6.33. The smallest absolute Gasteiger partial charge is 0.309 e. The van der Waals surface area contributed by atoms with Gasteiger partial charge in [0.25, 0.3) is 0 Å². The summed E-state index contributed by atoms with van der Waals surface area (Å²) in [6, 6.07) is 0. The predicted octanol–water partition coefficient (Wildman–Crippen LogP) is 22.2. The van der Waals surface area contributed by atoms with Crippen molar-refractivity contribution in [3.63, 3.8) is 0 Å². The minimum Gasteiger partial charge on any atom is -0.462 e. The van der Waals surface area contributed by atoms with E-state index in [1.165, 1.54) is 141 Å². The molecule has 0 radical (unpaired) electrons. The highest BCUT2D eigenvalue weighted by atomic mass is 16.6. The molecule has 0 aromatic carbocycles. The first kappa shape index (κ1) is 73.5. The van der Waals surface area contributed by atoms with Crippen molar-refractivity contribution in [1.82, 2.24) is 0 Å². The van der Waals surface area contributed by atoms with Gasteiger partial charge in [0.1, 0.15) is 13.2 Å². The fraction of sp³-hybridized carbons (Fsp3) is 0.653. The number of esters is 3. The summed E-state index contributed by atoms with van der Waals surface area (Å²) >= 11 is 0. The maximum atomic E-state index is 12.9. The van der Waals surface area contributed by atoms with Gasteiger partial charge in [-0.15, -0.1) is 0 Å². The molecule has 0 amide bonds. The van der Waals surface area contributed by atoms with Crippen LogP contribution in [0.3, 0.4) is 0 Å².